The third-order valence-electron chi connectivity index (χ3n) is 15.4. The number of allylic oxidation sites excluding steroid dienone is 5. The van der Waals surface area contributed by atoms with E-state index in [1.807, 2.05) is 6.08 Å². The molecule has 3 N–H and O–H groups in total. The zero-order valence-electron chi connectivity index (χ0n) is 49.8. The van der Waals surface area contributed by atoms with Gasteiger partial charge in [-0.2, -0.15) is 0 Å². The topological polar surface area (TPSA) is 95.9 Å². The van der Waals surface area contributed by atoms with Crippen LogP contribution in [0, 0.1) is 0 Å². The molecule has 0 aliphatic rings. The highest BCUT2D eigenvalue weighted by atomic mass is 16.5. The van der Waals surface area contributed by atoms with Crippen LogP contribution in [0.2, 0.25) is 0 Å². The fourth-order valence-electron chi connectivity index (χ4n) is 10.3. The van der Waals surface area contributed by atoms with Crippen LogP contribution < -0.4 is 5.32 Å². The van der Waals surface area contributed by atoms with Crippen molar-refractivity contribution in [3.8, 4) is 0 Å². The quantitative estimate of drug-likeness (QED) is 0.0320. The van der Waals surface area contributed by atoms with Crippen LogP contribution in [0.5, 0.6) is 0 Å². The standard InChI is InChI=1S/C68H129NO5/c1-3-5-7-9-11-13-15-17-32-36-40-44-48-52-56-60-66(71)65(64-70)69-67(72)61-57-53-49-45-41-37-34-30-28-26-24-22-20-19-21-23-25-27-29-31-35-39-43-47-51-55-59-63-74-68(73)62-58-54-50-46-42-38-33-18-16-14-12-10-8-6-4-2/h12,14,18,33,56,60,65-66,70-71H,3-11,13,15-17,19-32,34-55,57-59,61-64H2,1-2H3,(H,69,72)/b14-12-,33-18-,60-56+. The van der Waals surface area contributed by atoms with Crippen LogP contribution in [0.4, 0.5) is 0 Å². The highest BCUT2D eigenvalue weighted by Crippen LogP contribution is 2.18. The van der Waals surface area contributed by atoms with Gasteiger partial charge in [0, 0.05) is 12.8 Å². The second-order valence-corrected chi connectivity index (χ2v) is 22.8. The van der Waals surface area contributed by atoms with Gasteiger partial charge in [-0.05, 0) is 64.2 Å². The van der Waals surface area contributed by atoms with E-state index in [1.54, 1.807) is 6.08 Å². The second-order valence-electron chi connectivity index (χ2n) is 22.8. The summed E-state index contributed by atoms with van der Waals surface area (Å²) in [5.41, 5.74) is 0. The Bertz CT molecular complexity index is 1200. The van der Waals surface area contributed by atoms with Crippen LogP contribution >= 0.6 is 0 Å². The molecule has 0 aliphatic heterocycles. The summed E-state index contributed by atoms with van der Waals surface area (Å²) in [7, 11) is 0. The number of esters is 1. The molecule has 0 radical (unpaired) electrons. The minimum absolute atomic E-state index is 0.00380. The highest BCUT2D eigenvalue weighted by Gasteiger charge is 2.18. The van der Waals surface area contributed by atoms with Gasteiger partial charge < -0.3 is 20.3 Å². The lowest BCUT2D eigenvalue weighted by Gasteiger charge is -2.20. The van der Waals surface area contributed by atoms with Gasteiger partial charge in [0.05, 0.1) is 25.4 Å². The molecule has 0 spiro atoms. The Morgan fingerprint density at radius 1 is 0.378 bits per heavy atom. The molecule has 436 valence electrons. The summed E-state index contributed by atoms with van der Waals surface area (Å²) in [6.45, 7) is 4.89. The summed E-state index contributed by atoms with van der Waals surface area (Å²) in [4.78, 5) is 24.5. The van der Waals surface area contributed by atoms with E-state index < -0.39 is 12.1 Å². The molecular formula is C68H129NO5. The maximum absolute atomic E-state index is 12.5. The van der Waals surface area contributed by atoms with Gasteiger partial charge in [-0.3, -0.25) is 9.59 Å². The van der Waals surface area contributed by atoms with Crippen LogP contribution in [-0.4, -0.2) is 47.4 Å². The third-order valence-corrected chi connectivity index (χ3v) is 15.4. The van der Waals surface area contributed by atoms with Crippen molar-refractivity contribution in [1.82, 2.24) is 5.32 Å². The summed E-state index contributed by atoms with van der Waals surface area (Å²) in [6.07, 6.45) is 80.6. The Kier molecular flexibility index (Phi) is 62.0. The first-order valence-corrected chi connectivity index (χ1v) is 33.3. The first-order chi connectivity index (χ1) is 36.5. The zero-order valence-corrected chi connectivity index (χ0v) is 49.8. The van der Waals surface area contributed by atoms with Gasteiger partial charge >= 0.3 is 5.97 Å². The number of unbranched alkanes of at least 4 members (excludes halogenated alkanes) is 47. The van der Waals surface area contributed by atoms with E-state index in [0.29, 0.717) is 19.4 Å². The lowest BCUT2D eigenvalue weighted by Crippen LogP contribution is -2.45. The van der Waals surface area contributed by atoms with E-state index >= 15 is 0 Å². The van der Waals surface area contributed by atoms with E-state index in [-0.39, 0.29) is 18.5 Å². The van der Waals surface area contributed by atoms with Crippen molar-refractivity contribution in [3.63, 3.8) is 0 Å². The molecule has 0 bridgehead atoms. The van der Waals surface area contributed by atoms with Gasteiger partial charge in [0.15, 0.2) is 0 Å². The number of rotatable bonds is 62. The predicted molar refractivity (Wildman–Crippen MR) is 324 cm³/mol. The predicted octanol–water partition coefficient (Wildman–Crippen LogP) is 21.1. The minimum Gasteiger partial charge on any atom is -0.466 e. The fourth-order valence-corrected chi connectivity index (χ4v) is 10.3. The number of hydrogen-bond acceptors (Lipinski definition) is 5. The minimum atomic E-state index is -0.842. The molecule has 2 unspecified atom stereocenters. The lowest BCUT2D eigenvalue weighted by atomic mass is 10.0. The number of carbonyl (C=O) groups excluding carboxylic acids is 2. The van der Waals surface area contributed by atoms with Gasteiger partial charge in [-0.15, -0.1) is 0 Å². The summed E-state index contributed by atoms with van der Waals surface area (Å²) in [5, 5.41) is 23.2. The Balaban J connectivity index is 3.37. The van der Waals surface area contributed by atoms with Crippen LogP contribution in [0.15, 0.2) is 36.5 Å². The third kappa shape index (κ3) is 59.3. The Hall–Kier alpha value is -1.92. The van der Waals surface area contributed by atoms with Gasteiger partial charge in [-0.1, -0.05) is 320 Å². The van der Waals surface area contributed by atoms with E-state index in [9.17, 15) is 19.8 Å². The molecule has 0 aliphatic carbocycles. The van der Waals surface area contributed by atoms with Crippen LogP contribution in [0.3, 0.4) is 0 Å². The summed E-state index contributed by atoms with van der Waals surface area (Å²) in [5.74, 6) is -0.0598. The first kappa shape index (κ1) is 72.1. The number of aliphatic hydroxyl groups excluding tert-OH is 2. The van der Waals surface area contributed by atoms with Gasteiger partial charge in [0.25, 0.3) is 0 Å². The molecule has 0 aromatic carbocycles. The number of aliphatic hydroxyl groups is 2. The van der Waals surface area contributed by atoms with Crippen molar-refractivity contribution in [2.24, 2.45) is 0 Å². The SMILES string of the molecule is CCCCC/C=C\C/C=C\CCCCCCCC(=O)OCCCCCCCCCCCCCCCCCCCCCCCCCCCCCC(=O)NC(CO)C(O)/C=C/CCCCCCCCCCCCCCC. The molecule has 0 saturated carbocycles. The molecule has 74 heavy (non-hydrogen) atoms. The van der Waals surface area contributed by atoms with Crippen molar-refractivity contribution in [2.75, 3.05) is 13.2 Å². The average molecular weight is 1040 g/mol. The molecule has 0 aromatic rings. The van der Waals surface area contributed by atoms with Crippen molar-refractivity contribution >= 4 is 11.9 Å². The van der Waals surface area contributed by atoms with E-state index in [0.717, 1.165) is 51.4 Å². The number of amides is 1. The molecule has 0 rings (SSSR count). The number of carbonyl (C=O) groups is 2. The highest BCUT2D eigenvalue weighted by molar-refractivity contribution is 5.76. The van der Waals surface area contributed by atoms with Crippen molar-refractivity contribution in [3.05, 3.63) is 36.5 Å². The van der Waals surface area contributed by atoms with E-state index in [1.165, 1.54) is 283 Å². The maximum atomic E-state index is 12.5. The first-order valence-electron chi connectivity index (χ1n) is 33.3. The second kappa shape index (κ2) is 63.6. The summed E-state index contributed by atoms with van der Waals surface area (Å²) < 4.78 is 5.48. The molecule has 0 fully saturated rings. The Morgan fingerprint density at radius 2 is 0.676 bits per heavy atom. The molecule has 0 saturated heterocycles. The normalized spacial score (nSPS) is 12.8. The molecule has 6 nitrogen and oxygen atoms in total. The van der Waals surface area contributed by atoms with Crippen LogP contribution in [0.1, 0.15) is 361 Å². The molecule has 1 amide bonds. The maximum Gasteiger partial charge on any atom is 0.305 e. The van der Waals surface area contributed by atoms with Gasteiger partial charge in [0.2, 0.25) is 5.91 Å². The van der Waals surface area contributed by atoms with Crippen LogP contribution in [0.25, 0.3) is 0 Å². The monoisotopic (exact) mass is 1040 g/mol. The number of nitrogens with one attached hydrogen (secondary N) is 1. The average Bonchev–Trinajstić information content (AvgIpc) is 3.40. The zero-order chi connectivity index (χ0) is 53.6. The van der Waals surface area contributed by atoms with Gasteiger partial charge in [0.1, 0.15) is 0 Å². The van der Waals surface area contributed by atoms with Crippen molar-refractivity contribution in [1.29, 1.82) is 0 Å². The smallest absolute Gasteiger partial charge is 0.305 e. The van der Waals surface area contributed by atoms with E-state index in [2.05, 4.69) is 43.5 Å². The lowest BCUT2D eigenvalue weighted by molar-refractivity contribution is -0.143. The Morgan fingerprint density at radius 3 is 1.05 bits per heavy atom. The molecule has 6 heteroatoms. The largest absolute Gasteiger partial charge is 0.466 e. The van der Waals surface area contributed by atoms with Crippen molar-refractivity contribution < 1.29 is 24.5 Å². The van der Waals surface area contributed by atoms with Crippen LogP contribution in [-0.2, 0) is 14.3 Å². The van der Waals surface area contributed by atoms with E-state index in [4.69, 9.17) is 4.74 Å². The molecular weight excluding hydrogens is 911 g/mol. The summed E-state index contributed by atoms with van der Waals surface area (Å²) >= 11 is 0. The number of hydrogen-bond donors (Lipinski definition) is 3. The molecule has 0 heterocycles. The molecule has 2 atom stereocenters. The number of ether oxygens (including phenoxy) is 1. The fraction of sp³-hybridized carbons (Fsp3) is 0.882. The Labute approximate surface area is 462 Å². The molecule has 0 aromatic heterocycles. The van der Waals surface area contributed by atoms with Gasteiger partial charge in [-0.25, -0.2) is 0 Å². The summed E-state index contributed by atoms with van der Waals surface area (Å²) in [6, 6.07) is -0.626. The van der Waals surface area contributed by atoms with Crippen molar-refractivity contribution in [2.45, 2.75) is 373 Å².